The summed E-state index contributed by atoms with van der Waals surface area (Å²) in [7, 11) is 0. The van der Waals surface area contributed by atoms with Crippen molar-refractivity contribution in [1.82, 2.24) is 0 Å². The first-order chi connectivity index (χ1) is 5.20. The molecule has 0 aromatic heterocycles. The number of carbonyl (C=O) groups excluding carboxylic acids is 1. The largest absolute Gasteiger partial charge is 0.495 e. The Kier molecular flexibility index (Phi) is 5.42. The van der Waals surface area contributed by atoms with Crippen LogP contribution in [0.3, 0.4) is 0 Å². The van der Waals surface area contributed by atoms with Gasteiger partial charge in [0.05, 0.1) is 12.4 Å². The van der Waals surface area contributed by atoms with Gasteiger partial charge in [0, 0.05) is 6.08 Å². The summed E-state index contributed by atoms with van der Waals surface area (Å²) in [5.74, 6) is 0.424. The van der Waals surface area contributed by atoms with Gasteiger partial charge in [-0.25, -0.2) is 0 Å². The Labute approximate surface area is 65.1 Å². The second-order valence-corrected chi connectivity index (χ2v) is 2.06. The number of aliphatic hydroxyl groups is 2. The first-order valence-corrected chi connectivity index (χ1v) is 3.24. The number of carbonyl (C=O) groups is 1. The molecule has 0 saturated heterocycles. The third-order valence-electron chi connectivity index (χ3n) is 1.02. The maximum absolute atomic E-state index is 9.86. The quantitative estimate of drug-likeness (QED) is 0.322. The third kappa shape index (κ3) is 5.57. The molecule has 0 aliphatic heterocycles. The van der Waals surface area contributed by atoms with E-state index in [1.54, 1.807) is 6.92 Å². The Morgan fingerprint density at radius 2 is 2.36 bits per heavy atom. The number of hydrogen-bond donors (Lipinski definition) is 2. The molecule has 0 fully saturated rings. The topological polar surface area (TPSA) is 66.8 Å². The first kappa shape index (κ1) is 10.1. The molecule has 0 amide bonds. The fourth-order valence-electron chi connectivity index (χ4n) is 0.424. The molecule has 0 aliphatic rings. The van der Waals surface area contributed by atoms with Gasteiger partial charge in [-0.3, -0.25) is 4.79 Å². The highest BCUT2D eigenvalue weighted by Crippen LogP contribution is 1.94. The molecule has 4 heteroatoms. The van der Waals surface area contributed by atoms with Gasteiger partial charge in [-0.15, -0.1) is 0 Å². The van der Waals surface area contributed by atoms with E-state index >= 15 is 0 Å². The van der Waals surface area contributed by atoms with Crippen molar-refractivity contribution < 1.29 is 19.7 Å². The summed E-state index contributed by atoms with van der Waals surface area (Å²) >= 11 is 0. The van der Waals surface area contributed by atoms with Crippen LogP contribution in [0.2, 0.25) is 0 Å². The van der Waals surface area contributed by atoms with E-state index < -0.39 is 6.10 Å². The van der Waals surface area contributed by atoms with Crippen LogP contribution in [-0.4, -0.2) is 35.8 Å². The monoisotopic (exact) mass is 160 g/mol. The van der Waals surface area contributed by atoms with Crippen molar-refractivity contribution in [2.75, 3.05) is 13.2 Å². The summed E-state index contributed by atoms with van der Waals surface area (Å²) in [5, 5.41) is 17.1. The van der Waals surface area contributed by atoms with Gasteiger partial charge in [-0.05, 0) is 6.92 Å². The van der Waals surface area contributed by atoms with Crippen LogP contribution in [0.15, 0.2) is 11.8 Å². The molecule has 0 spiro atoms. The molecule has 4 nitrogen and oxygen atoms in total. The SMILES string of the molecule is CC(=CC=O)OCC(O)CO. The molecular weight excluding hydrogens is 148 g/mol. The lowest BCUT2D eigenvalue weighted by atomic mass is 10.4. The first-order valence-electron chi connectivity index (χ1n) is 3.24. The van der Waals surface area contributed by atoms with Crippen molar-refractivity contribution >= 4 is 6.29 Å². The Balaban J connectivity index is 3.52. The maximum Gasteiger partial charge on any atom is 0.146 e. The minimum atomic E-state index is -0.884. The summed E-state index contributed by atoms with van der Waals surface area (Å²) in [4.78, 5) is 9.86. The predicted octanol–water partition coefficient (Wildman–Crippen LogP) is -0.541. The lowest BCUT2D eigenvalue weighted by Crippen LogP contribution is -2.18. The molecule has 0 heterocycles. The summed E-state index contributed by atoms with van der Waals surface area (Å²) in [6.45, 7) is 1.26. The van der Waals surface area contributed by atoms with E-state index in [-0.39, 0.29) is 13.2 Å². The van der Waals surface area contributed by atoms with Crippen molar-refractivity contribution in [1.29, 1.82) is 0 Å². The van der Waals surface area contributed by atoms with E-state index in [1.165, 1.54) is 6.08 Å². The van der Waals surface area contributed by atoms with Crippen LogP contribution >= 0.6 is 0 Å². The Morgan fingerprint density at radius 3 is 2.82 bits per heavy atom. The molecule has 0 saturated carbocycles. The summed E-state index contributed by atoms with van der Waals surface area (Å²) in [6, 6.07) is 0. The average Bonchev–Trinajstić information content (AvgIpc) is 2.01. The number of aldehydes is 1. The van der Waals surface area contributed by atoms with Crippen LogP contribution in [0, 0.1) is 0 Å². The standard InChI is InChI=1S/C7H12O4/c1-6(2-3-8)11-5-7(10)4-9/h2-3,7,9-10H,4-5H2,1H3. The zero-order chi connectivity index (χ0) is 8.69. The van der Waals surface area contributed by atoms with Crippen molar-refractivity contribution in [2.24, 2.45) is 0 Å². The van der Waals surface area contributed by atoms with Gasteiger partial charge in [0.2, 0.25) is 0 Å². The molecular formula is C7H12O4. The van der Waals surface area contributed by atoms with Gasteiger partial charge in [-0.1, -0.05) is 0 Å². The summed E-state index contributed by atoms with van der Waals surface area (Å²) in [6.07, 6.45) is 0.954. The smallest absolute Gasteiger partial charge is 0.146 e. The highest BCUT2D eigenvalue weighted by molar-refractivity contribution is 5.65. The summed E-state index contributed by atoms with van der Waals surface area (Å²) < 4.78 is 4.85. The summed E-state index contributed by atoms with van der Waals surface area (Å²) in [5.41, 5.74) is 0. The van der Waals surface area contributed by atoms with Gasteiger partial charge in [0.25, 0.3) is 0 Å². The third-order valence-corrected chi connectivity index (χ3v) is 1.02. The van der Waals surface area contributed by atoms with E-state index in [0.29, 0.717) is 12.0 Å². The van der Waals surface area contributed by atoms with Gasteiger partial charge < -0.3 is 14.9 Å². The molecule has 64 valence electrons. The minimum Gasteiger partial charge on any atom is -0.495 e. The van der Waals surface area contributed by atoms with Crippen LogP contribution in [0.25, 0.3) is 0 Å². The van der Waals surface area contributed by atoms with Crippen molar-refractivity contribution in [3.05, 3.63) is 11.8 Å². The molecule has 2 N–H and O–H groups in total. The molecule has 1 unspecified atom stereocenters. The second-order valence-electron chi connectivity index (χ2n) is 2.06. The van der Waals surface area contributed by atoms with Gasteiger partial charge in [-0.2, -0.15) is 0 Å². The van der Waals surface area contributed by atoms with E-state index in [0.717, 1.165) is 0 Å². The van der Waals surface area contributed by atoms with Crippen LogP contribution in [0.5, 0.6) is 0 Å². The van der Waals surface area contributed by atoms with Crippen LogP contribution in [0.1, 0.15) is 6.92 Å². The molecule has 11 heavy (non-hydrogen) atoms. The van der Waals surface area contributed by atoms with E-state index in [4.69, 9.17) is 14.9 Å². The predicted molar refractivity (Wildman–Crippen MR) is 38.9 cm³/mol. The van der Waals surface area contributed by atoms with Crippen LogP contribution in [-0.2, 0) is 9.53 Å². The van der Waals surface area contributed by atoms with Gasteiger partial charge in [0.15, 0.2) is 0 Å². The fourth-order valence-corrected chi connectivity index (χ4v) is 0.424. The number of allylic oxidation sites excluding steroid dienone is 2. The maximum atomic E-state index is 9.86. The highest BCUT2D eigenvalue weighted by atomic mass is 16.5. The molecule has 1 atom stereocenters. The van der Waals surface area contributed by atoms with Gasteiger partial charge >= 0.3 is 0 Å². The lowest BCUT2D eigenvalue weighted by molar-refractivity contribution is -0.104. The molecule has 0 aromatic carbocycles. The molecule has 0 aliphatic carbocycles. The van der Waals surface area contributed by atoms with E-state index in [1.807, 2.05) is 0 Å². The number of ether oxygens (including phenoxy) is 1. The Hall–Kier alpha value is -0.870. The molecule has 0 bridgehead atoms. The van der Waals surface area contributed by atoms with E-state index in [2.05, 4.69) is 0 Å². The second kappa shape index (κ2) is 5.88. The highest BCUT2D eigenvalue weighted by Gasteiger charge is 2.01. The molecule has 0 rings (SSSR count). The van der Waals surface area contributed by atoms with E-state index in [9.17, 15) is 4.79 Å². The normalized spacial score (nSPS) is 14.3. The minimum absolute atomic E-state index is 0.00662. The number of rotatable bonds is 5. The van der Waals surface area contributed by atoms with Crippen LogP contribution in [0.4, 0.5) is 0 Å². The fraction of sp³-hybridized carbons (Fsp3) is 0.571. The molecule has 0 aromatic rings. The molecule has 0 radical (unpaired) electrons. The van der Waals surface area contributed by atoms with Crippen molar-refractivity contribution in [2.45, 2.75) is 13.0 Å². The Bertz CT molecular complexity index is 141. The van der Waals surface area contributed by atoms with Crippen molar-refractivity contribution in [3.63, 3.8) is 0 Å². The average molecular weight is 160 g/mol. The number of aliphatic hydroxyl groups excluding tert-OH is 2. The van der Waals surface area contributed by atoms with Crippen LogP contribution < -0.4 is 0 Å². The Morgan fingerprint density at radius 1 is 1.73 bits per heavy atom. The zero-order valence-corrected chi connectivity index (χ0v) is 6.36. The van der Waals surface area contributed by atoms with Crippen molar-refractivity contribution in [3.8, 4) is 0 Å². The zero-order valence-electron chi connectivity index (χ0n) is 6.36. The van der Waals surface area contributed by atoms with Gasteiger partial charge in [0.1, 0.15) is 19.0 Å². The number of hydrogen-bond acceptors (Lipinski definition) is 4. The lowest BCUT2D eigenvalue weighted by Gasteiger charge is -2.08.